The minimum atomic E-state index is -4.17. The fourth-order valence-corrected chi connectivity index (χ4v) is 5.62. The van der Waals surface area contributed by atoms with Crippen molar-refractivity contribution in [2.24, 2.45) is 0 Å². The molecule has 0 atom stereocenters. The van der Waals surface area contributed by atoms with Crippen LogP contribution < -0.4 is 10.6 Å². The topological polar surface area (TPSA) is 111 Å². The summed E-state index contributed by atoms with van der Waals surface area (Å²) in [7, 11) is -4.17. The number of benzene rings is 1. The van der Waals surface area contributed by atoms with Crippen molar-refractivity contribution >= 4 is 48.7 Å². The largest absolute Gasteiger partial charge is 0.444 e. The predicted octanol–water partition coefficient (Wildman–Crippen LogP) is 7.22. The third-order valence-corrected chi connectivity index (χ3v) is 7.08. The van der Waals surface area contributed by atoms with E-state index in [1.165, 1.54) is 0 Å². The van der Waals surface area contributed by atoms with Crippen LogP contribution in [0.15, 0.2) is 28.7 Å². The molecule has 0 unspecified atom stereocenters. The molecule has 0 fully saturated rings. The van der Waals surface area contributed by atoms with Crippen LogP contribution in [0, 0.1) is 15.8 Å². The van der Waals surface area contributed by atoms with Gasteiger partial charge in [0, 0.05) is 10.6 Å². The normalized spacial score (nSPS) is 12.0. The molecule has 0 aliphatic heterocycles. The molecule has 1 aromatic heterocycles. The second kappa shape index (κ2) is 11.0. The highest BCUT2D eigenvalue weighted by atomic mass is 35.5. The number of anilines is 1. The van der Waals surface area contributed by atoms with Crippen LogP contribution in [0.25, 0.3) is 11.3 Å². The van der Waals surface area contributed by atoms with E-state index in [0.29, 0.717) is 10.6 Å². The van der Waals surface area contributed by atoms with Crippen molar-refractivity contribution in [3.05, 3.63) is 39.4 Å². The van der Waals surface area contributed by atoms with Gasteiger partial charge < -0.3 is 18.2 Å². The summed E-state index contributed by atoms with van der Waals surface area (Å²) in [5.74, 6) is -0.243. The van der Waals surface area contributed by atoms with Crippen molar-refractivity contribution in [2.75, 3.05) is 5.32 Å². The third kappa shape index (κ3) is 7.14. The molecule has 1 heterocycles. The van der Waals surface area contributed by atoms with Crippen LogP contribution >= 0.6 is 31.4 Å². The standard InChI is InChI=1S/C23H28ClN2O6PS/c1-13(2)31-33(28,32-14(3)4)19-20(34)17(12-25)18(15-8-10-16(24)11-9-15)29-21(19)26-22(27)30-23(5,6)7/h8-11,13-14H,1-7H3,(H,26,27). The number of hydrogen-bond donors (Lipinski definition) is 1. The number of carbonyl (C=O) groups is 1. The van der Waals surface area contributed by atoms with E-state index in [4.69, 9.17) is 42.0 Å². The fourth-order valence-electron chi connectivity index (χ4n) is 2.85. The number of carbonyl (C=O) groups excluding carboxylic acids is 1. The zero-order valence-corrected chi connectivity index (χ0v) is 22.6. The molecule has 0 bridgehead atoms. The maximum atomic E-state index is 14.0. The summed E-state index contributed by atoms with van der Waals surface area (Å²) in [4.78, 5) is 12.6. The van der Waals surface area contributed by atoms with Crippen LogP contribution in [0.3, 0.4) is 0 Å². The average molecular weight is 527 g/mol. The summed E-state index contributed by atoms with van der Waals surface area (Å²) in [6.07, 6.45) is -1.94. The molecule has 1 amide bonds. The Balaban J connectivity index is 2.87. The number of ether oxygens (including phenoxy) is 1. The van der Waals surface area contributed by atoms with Crippen LogP contribution in [-0.4, -0.2) is 23.9 Å². The van der Waals surface area contributed by atoms with Gasteiger partial charge in [-0.3, -0.25) is 9.88 Å². The van der Waals surface area contributed by atoms with Crippen molar-refractivity contribution < 1.29 is 27.6 Å². The molecule has 11 heteroatoms. The summed E-state index contributed by atoms with van der Waals surface area (Å²) in [5.41, 5.74) is -0.420. The molecule has 0 saturated carbocycles. The monoisotopic (exact) mass is 526 g/mol. The number of halogens is 1. The van der Waals surface area contributed by atoms with E-state index in [9.17, 15) is 14.6 Å². The SMILES string of the molecule is CC(C)OP(=O)(OC(C)C)c1c(NC(=O)OC(C)(C)C)oc(-c2ccc(Cl)cc2)c(C#N)c1=S. The second-order valence-corrected chi connectivity index (χ2v) is 11.6. The lowest BCUT2D eigenvalue weighted by Crippen LogP contribution is -2.30. The van der Waals surface area contributed by atoms with Gasteiger partial charge in [-0.2, -0.15) is 5.26 Å². The Morgan fingerprint density at radius 2 is 1.68 bits per heavy atom. The summed E-state index contributed by atoms with van der Waals surface area (Å²) < 4.78 is 36.5. The Kier molecular flexibility index (Phi) is 9.09. The molecule has 1 aromatic carbocycles. The van der Waals surface area contributed by atoms with Crippen molar-refractivity contribution in [3.8, 4) is 17.4 Å². The molecule has 0 saturated heterocycles. The van der Waals surface area contributed by atoms with E-state index < -0.39 is 31.5 Å². The molecule has 0 aliphatic rings. The maximum absolute atomic E-state index is 14.0. The number of rotatable bonds is 7. The van der Waals surface area contributed by atoms with Crippen LogP contribution in [-0.2, 0) is 18.3 Å². The minimum Gasteiger partial charge on any atom is -0.444 e. The van der Waals surface area contributed by atoms with Gasteiger partial charge >= 0.3 is 13.7 Å². The molecule has 184 valence electrons. The van der Waals surface area contributed by atoms with E-state index in [2.05, 4.69) is 5.32 Å². The molecule has 34 heavy (non-hydrogen) atoms. The smallest absolute Gasteiger partial charge is 0.414 e. The lowest BCUT2D eigenvalue weighted by molar-refractivity contribution is 0.0632. The van der Waals surface area contributed by atoms with Gasteiger partial charge in [0.05, 0.1) is 16.7 Å². The maximum Gasteiger partial charge on any atom is 0.414 e. The van der Waals surface area contributed by atoms with Crippen molar-refractivity contribution in [1.82, 2.24) is 0 Å². The first-order valence-corrected chi connectivity index (χ1v) is 12.8. The highest BCUT2D eigenvalue weighted by molar-refractivity contribution is 7.73. The second-order valence-electron chi connectivity index (χ2n) is 8.86. The highest BCUT2D eigenvalue weighted by Gasteiger charge is 2.39. The van der Waals surface area contributed by atoms with Crippen LogP contribution in [0.1, 0.15) is 54.0 Å². The highest BCUT2D eigenvalue weighted by Crippen LogP contribution is 2.52. The molecular formula is C23H28ClN2O6PS. The Bertz CT molecular complexity index is 1180. The Morgan fingerprint density at radius 3 is 2.12 bits per heavy atom. The van der Waals surface area contributed by atoms with Gasteiger partial charge in [-0.05, 0) is 72.7 Å². The Labute approximate surface area is 209 Å². The molecule has 2 rings (SSSR count). The summed E-state index contributed by atoms with van der Waals surface area (Å²) in [5, 5.41) is 12.6. The van der Waals surface area contributed by atoms with Gasteiger partial charge in [-0.25, -0.2) is 4.79 Å². The first-order valence-electron chi connectivity index (χ1n) is 10.5. The van der Waals surface area contributed by atoms with E-state index in [1.54, 1.807) is 72.7 Å². The molecule has 8 nitrogen and oxygen atoms in total. The van der Waals surface area contributed by atoms with E-state index >= 15 is 0 Å². The van der Waals surface area contributed by atoms with Gasteiger partial charge in [-0.1, -0.05) is 23.8 Å². The Hall–Kier alpha value is -2.21. The molecular weight excluding hydrogens is 499 g/mol. The molecule has 2 aromatic rings. The lowest BCUT2D eigenvalue weighted by Gasteiger charge is -2.25. The molecule has 0 spiro atoms. The molecule has 0 radical (unpaired) electrons. The number of hydrogen-bond acceptors (Lipinski definition) is 8. The van der Waals surface area contributed by atoms with Gasteiger partial charge in [0.15, 0.2) is 5.76 Å². The van der Waals surface area contributed by atoms with Crippen LogP contribution in [0.5, 0.6) is 0 Å². The zero-order chi connectivity index (χ0) is 25.8. The van der Waals surface area contributed by atoms with E-state index in [0.717, 1.165) is 0 Å². The summed E-state index contributed by atoms with van der Waals surface area (Å²) in [6.45, 7) is 11.8. The van der Waals surface area contributed by atoms with Crippen molar-refractivity contribution in [1.29, 1.82) is 5.26 Å². The minimum absolute atomic E-state index is 0.0552. The van der Waals surface area contributed by atoms with Crippen molar-refractivity contribution in [3.63, 3.8) is 0 Å². The number of nitriles is 1. The van der Waals surface area contributed by atoms with Gasteiger partial charge in [0.1, 0.15) is 22.5 Å². The third-order valence-electron chi connectivity index (χ3n) is 3.89. The first kappa shape index (κ1) is 28.0. The summed E-state index contributed by atoms with van der Waals surface area (Å²) >= 11 is 11.6. The van der Waals surface area contributed by atoms with Crippen LogP contribution in [0.4, 0.5) is 10.7 Å². The number of nitrogens with one attached hydrogen (secondary N) is 1. The quantitative estimate of drug-likeness (QED) is 0.297. The van der Waals surface area contributed by atoms with E-state index in [-0.39, 0.29) is 27.0 Å². The number of amides is 1. The summed E-state index contributed by atoms with van der Waals surface area (Å²) in [6, 6.07) is 8.49. The van der Waals surface area contributed by atoms with Gasteiger partial charge in [0.25, 0.3) is 0 Å². The predicted molar refractivity (Wildman–Crippen MR) is 134 cm³/mol. The first-order chi connectivity index (χ1) is 15.7. The van der Waals surface area contributed by atoms with E-state index in [1.807, 2.05) is 6.07 Å². The van der Waals surface area contributed by atoms with Gasteiger partial charge in [0.2, 0.25) is 5.88 Å². The Morgan fingerprint density at radius 1 is 1.15 bits per heavy atom. The molecule has 1 N–H and O–H groups in total. The average Bonchev–Trinajstić information content (AvgIpc) is 2.65. The van der Waals surface area contributed by atoms with Crippen LogP contribution in [0.2, 0.25) is 5.02 Å². The van der Waals surface area contributed by atoms with Gasteiger partial charge in [-0.15, -0.1) is 0 Å². The fraction of sp³-hybridized carbons (Fsp3) is 0.435. The molecule has 0 aliphatic carbocycles. The lowest BCUT2D eigenvalue weighted by atomic mass is 10.1. The zero-order valence-electron chi connectivity index (χ0n) is 20.1. The number of nitrogens with zero attached hydrogens (tertiary/aromatic N) is 1. The van der Waals surface area contributed by atoms with Crippen molar-refractivity contribution in [2.45, 2.75) is 66.3 Å².